The van der Waals surface area contributed by atoms with Crippen molar-refractivity contribution in [2.45, 2.75) is 36.8 Å². The van der Waals surface area contributed by atoms with E-state index in [0.717, 1.165) is 0 Å². The molecule has 1 saturated carbocycles. The molecule has 0 aromatic carbocycles. The van der Waals surface area contributed by atoms with Gasteiger partial charge in [-0.25, -0.2) is 0 Å². The highest BCUT2D eigenvalue weighted by atomic mass is 16.8. The van der Waals surface area contributed by atoms with Crippen LogP contribution in [0, 0.1) is 11.8 Å². The van der Waals surface area contributed by atoms with E-state index in [2.05, 4.69) is 0 Å². The van der Waals surface area contributed by atoms with Crippen LogP contribution >= 0.6 is 0 Å². The van der Waals surface area contributed by atoms with Crippen molar-refractivity contribution in [3.05, 3.63) is 0 Å². The smallest absolute Gasteiger partial charge is 0.166 e. The fourth-order valence-corrected chi connectivity index (χ4v) is 3.45. The second-order valence-electron chi connectivity index (χ2n) is 4.97. The molecule has 7 unspecified atom stereocenters. The average Bonchev–Trinajstić information content (AvgIpc) is 3.06. The van der Waals surface area contributed by atoms with E-state index in [0.29, 0.717) is 6.42 Å². The van der Waals surface area contributed by atoms with Crippen molar-refractivity contribution >= 4 is 0 Å². The number of methoxy groups -OCH3 is 2. The second-order valence-corrected chi connectivity index (χ2v) is 4.97. The molecular weight excluding hydrogens is 228 g/mol. The molecule has 2 N–H and O–H groups in total. The molecule has 0 aromatic rings. The number of aliphatic hydroxyl groups is 2. The van der Waals surface area contributed by atoms with Crippen molar-refractivity contribution in [3.8, 4) is 0 Å². The summed E-state index contributed by atoms with van der Waals surface area (Å²) in [6.07, 6.45) is -1.15. The summed E-state index contributed by atoms with van der Waals surface area (Å²) < 4.78 is 21.6. The summed E-state index contributed by atoms with van der Waals surface area (Å²) in [7, 11) is 3.12. The van der Waals surface area contributed by atoms with Crippen LogP contribution in [0.5, 0.6) is 0 Å². The van der Waals surface area contributed by atoms with Crippen LogP contribution in [0.2, 0.25) is 0 Å². The zero-order valence-electron chi connectivity index (χ0n) is 9.91. The first-order valence-corrected chi connectivity index (χ1v) is 5.85. The molecule has 6 heteroatoms. The fraction of sp³-hybridized carbons (Fsp3) is 1.00. The number of aliphatic hydroxyl groups excluding tert-OH is 2. The monoisotopic (exact) mass is 246 g/mol. The van der Waals surface area contributed by atoms with E-state index in [1.807, 2.05) is 0 Å². The van der Waals surface area contributed by atoms with Crippen LogP contribution in [-0.4, -0.2) is 61.4 Å². The number of fused-ring (bicyclic) bond motifs is 3. The number of hydrogen-bond acceptors (Lipinski definition) is 6. The third-order valence-electron chi connectivity index (χ3n) is 4.33. The lowest BCUT2D eigenvalue weighted by molar-refractivity contribution is -0.299. The molecule has 3 fully saturated rings. The predicted octanol–water partition coefficient (Wildman–Crippen LogP) is -0.911. The Labute approximate surface area is 99.4 Å². The Bertz CT molecular complexity index is 310. The summed E-state index contributed by atoms with van der Waals surface area (Å²) in [4.78, 5) is 0. The molecule has 98 valence electrons. The highest BCUT2D eigenvalue weighted by Crippen LogP contribution is 2.60. The lowest BCUT2D eigenvalue weighted by Crippen LogP contribution is -2.49. The molecule has 6 nitrogen and oxygen atoms in total. The van der Waals surface area contributed by atoms with Gasteiger partial charge < -0.3 is 29.2 Å². The van der Waals surface area contributed by atoms with Crippen LogP contribution in [0.4, 0.5) is 0 Å². The Morgan fingerprint density at radius 2 is 2.12 bits per heavy atom. The summed E-state index contributed by atoms with van der Waals surface area (Å²) in [6, 6.07) is 0. The van der Waals surface area contributed by atoms with Gasteiger partial charge >= 0.3 is 0 Å². The summed E-state index contributed by atoms with van der Waals surface area (Å²) in [6.45, 7) is -0.114. The van der Waals surface area contributed by atoms with Crippen LogP contribution < -0.4 is 0 Å². The quantitative estimate of drug-likeness (QED) is 0.627. The molecule has 2 saturated heterocycles. The third kappa shape index (κ3) is 1.43. The van der Waals surface area contributed by atoms with Gasteiger partial charge in [0.1, 0.15) is 11.7 Å². The van der Waals surface area contributed by atoms with E-state index in [1.165, 1.54) is 0 Å². The Balaban J connectivity index is 1.87. The van der Waals surface area contributed by atoms with Crippen molar-refractivity contribution in [2.75, 3.05) is 20.8 Å². The van der Waals surface area contributed by atoms with Gasteiger partial charge in [0, 0.05) is 32.5 Å². The van der Waals surface area contributed by atoms with Crippen LogP contribution in [0.3, 0.4) is 0 Å². The van der Waals surface area contributed by atoms with E-state index in [-0.39, 0.29) is 30.8 Å². The first-order valence-electron chi connectivity index (χ1n) is 5.85. The Hall–Kier alpha value is -0.240. The summed E-state index contributed by atoms with van der Waals surface area (Å²) in [5.74, 6) is -0.145. The topological polar surface area (TPSA) is 80.7 Å². The molecule has 0 radical (unpaired) electrons. The zero-order chi connectivity index (χ0) is 12.2. The first-order chi connectivity index (χ1) is 8.17. The van der Waals surface area contributed by atoms with Gasteiger partial charge in [-0.1, -0.05) is 0 Å². The molecular formula is C11H18O6. The Morgan fingerprint density at radius 3 is 2.71 bits per heavy atom. The molecule has 1 aliphatic carbocycles. The molecule has 2 heterocycles. The predicted molar refractivity (Wildman–Crippen MR) is 55.0 cm³/mol. The molecule has 7 atom stereocenters. The fourth-order valence-electron chi connectivity index (χ4n) is 3.45. The lowest BCUT2D eigenvalue weighted by Gasteiger charge is -2.41. The van der Waals surface area contributed by atoms with Crippen LogP contribution in [0.15, 0.2) is 0 Å². The van der Waals surface area contributed by atoms with Crippen LogP contribution in [0.1, 0.15) is 6.42 Å². The normalized spacial score (nSPS) is 56.5. The largest absolute Gasteiger partial charge is 0.393 e. The molecule has 0 aromatic heterocycles. The van der Waals surface area contributed by atoms with Crippen molar-refractivity contribution in [1.29, 1.82) is 0 Å². The number of rotatable bonds is 3. The van der Waals surface area contributed by atoms with Gasteiger partial charge in [0.15, 0.2) is 12.6 Å². The highest BCUT2D eigenvalue weighted by Gasteiger charge is 2.76. The van der Waals surface area contributed by atoms with Crippen molar-refractivity contribution in [2.24, 2.45) is 11.8 Å². The van der Waals surface area contributed by atoms with E-state index in [9.17, 15) is 10.2 Å². The number of hydrogen-bond donors (Lipinski definition) is 2. The van der Waals surface area contributed by atoms with Gasteiger partial charge in [-0.3, -0.25) is 0 Å². The van der Waals surface area contributed by atoms with Crippen LogP contribution in [-0.2, 0) is 18.9 Å². The lowest BCUT2D eigenvalue weighted by atomic mass is 9.83. The minimum Gasteiger partial charge on any atom is -0.393 e. The standard InChI is InChI=1S/C11H18O6/c1-14-6-3-5-7(10(15-2)16-6)11(4-12)9(17-11)8(5)13/h5-10,12-13H,3-4H2,1-2H3. The maximum atomic E-state index is 10.2. The highest BCUT2D eigenvalue weighted by molar-refractivity contribution is 5.21. The van der Waals surface area contributed by atoms with Crippen molar-refractivity contribution in [3.63, 3.8) is 0 Å². The molecule has 3 aliphatic rings. The number of epoxide rings is 1. The van der Waals surface area contributed by atoms with Gasteiger partial charge in [0.25, 0.3) is 0 Å². The maximum Gasteiger partial charge on any atom is 0.166 e. The number of ether oxygens (including phenoxy) is 4. The second kappa shape index (κ2) is 3.88. The SMILES string of the molecule is COC1CC2C(O)C3OC3(CO)C2C(OC)O1. The first kappa shape index (κ1) is 11.8. The summed E-state index contributed by atoms with van der Waals surface area (Å²) in [5, 5.41) is 19.6. The minimum absolute atomic E-state index is 0.00968. The molecule has 3 rings (SSSR count). The van der Waals surface area contributed by atoms with Gasteiger partial charge in [0.05, 0.1) is 12.7 Å². The van der Waals surface area contributed by atoms with Gasteiger partial charge in [-0.15, -0.1) is 0 Å². The van der Waals surface area contributed by atoms with E-state index in [4.69, 9.17) is 18.9 Å². The molecule has 0 bridgehead atoms. The average molecular weight is 246 g/mol. The van der Waals surface area contributed by atoms with Crippen molar-refractivity contribution in [1.82, 2.24) is 0 Å². The van der Waals surface area contributed by atoms with E-state index >= 15 is 0 Å². The molecule has 17 heavy (non-hydrogen) atoms. The summed E-state index contributed by atoms with van der Waals surface area (Å²) >= 11 is 0. The third-order valence-corrected chi connectivity index (χ3v) is 4.33. The van der Waals surface area contributed by atoms with Crippen molar-refractivity contribution < 1.29 is 29.2 Å². The Morgan fingerprint density at radius 1 is 1.35 bits per heavy atom. The minimum atomic E-state index is -0.677. The zero-order valence-corrected chi connectivity index (χ0v) is 9.91. The molecule has 2 aliphatic heterocycles. The molecule has 0 amide bonds. The van der Waals surface area contributed by atoms with Gasteiger partial charge in [-0.2, -0.15) is 0 Å². The van der Waals surface area contributed by atoms with Gasteiger partial charge in [0.2, 0.25) is 0 Å². The maximum absolute atomic E-state index is 10.2. The van der Waals surface area contributed by atoms with Gasteiger partial charge in [-0.05, 0) is 0 Å². The Kier molecular flexibility index (Phi) is 2.70. The molecule has 0 spiro atoms. The van der Waals surface area contributed by atoms with Crippen LogP contribution in [0.25, 0.3) is 0 Å². The summed E-state index contributed by atoms with van der Waals surface area (Å²) in [5.41, 5.74) is -0.677. The van der Waals surface area contributed by atoms with E-state index in [1.54, 1.807) is 14.2 Å². The van der Waals surface area contributed by atoms with E-state index < -0.39 is 18.0 Å².